The molecule has 0 fully saturated rings. The Hall–Kier alpha value is -2.49. The molecule has 0 spiro atoms. The number of hydrogen-bond donors (Lipinski definition) is 1. The van der Waals surface area contributed by atoms with Crippen LogP contribution in [0.5, 0.6) is 5.75 Å². The van der Waals surface area contributed by atoms with Crippen LogP contribution in [0.1, 0.15) is 17.3 Å². The number of carbonyl (C=O) groups is 1. The lowest BCUT2D eigenvalue weighted by Crippen LogP contribution is -2.30. The van der Waals surface area contributed by atoms with Crippen molar-refractivity contribution in [2.24, 2.45) is 0 Å². The molecule has 0 aliphatic heterocycles. The highest BCUT2D eigenvalue weighted by molar-refractivity contribution is 6.06. The molecule has 4 nitrogen and oxygen atoms in total. The summed E-state index contributed by atoms with van der Waals surface area (Å²) in [4.78, 5) is 16.3. The van der Waals surface area contributed by atoms with Crippen LogP contribution in [0.25, 0.3) is 0 Å². The van der Waals surface area contributed by atoms with Gasteiger partial charge in [-0.05, 0) is 37.3 Å². The quantitative estimate of drug-likeness (QED) is 0.938. The molecule has 1 amide bonds. The average molecular weight is 284 g/mol. The van der Waals surface area contributed by atoms with E-state index in [0.29, 0.717) is 17.8 Å². The predicted molar refractivity (Wildman–Crippen MR) is 86.2 cm³/mol. The second-order valence-electron chi connectivity index (χ2n) is 5.01. The zero-order valence-electron chi connectivity index (χ0n) is 12.6. The first-order chi connectivity index (χ1) is 10.0. The van der Waals surface area contributed by atoms with Crippen LogP contribution in [-0.2, 0) is 0 Å². The highest BCUT2D eigenvalue weighted by atomic mass is 16.3. The molecule has 2 aromatic carbocycles. The van der Waals surface area contributed by atoms with E-state index in [-0.39, 0.29) is 11.7 Å². The van der Waals surface area contributed by atoms with Crippen molar-refractivity contribution in [1.29, 1.82) is 0 Å². The van der Waals surface area contributed by atoms with Crippen molar-refractivity contribution in [1.82, 2.24) is 0 Å². The maximum absolute atomic E-state index is 12.7. The third-order valence-corrected chi connectivity index (χ3v) is 3.31. The van der Waals surface area contributed by atoms with Gasteiger partial charge in [0.15, 0.2) is 0 Å². The van der Waals surface area contributed by atoms with Gasteiger partial charge in [0.05, 0.1) is 0 Å². The highest BCUT2D eigenvalue weighted by Gasteiger charge is 2.17. The van der Waals surface area contributed by atoms with E-state index in [1.807, 2.05) is 50.2 Å². The molecule has 2 rings (SSSR count). The fourth-order valence-electron chi connectivity index (χ4n) is 2.18. The van der Waals surface area contributed by atoms with Gasteiger partial charge in [-0.2, -0.15) is 0 Å². The van der Waals surface area contributed by atoms with Crippen LogP contribution in [0.15, 0.2) is 48.5 Å². The molecule has 21 heavy (non-hydrogen) atoms. The summed E-state index contributed by atoms with van der Waals surface area (Å²) < 4.78 is 0. The van der Waals surface area contributed by atoms with Crippen molar-refractivity contribution in [3.05, 3.63) is 54.1 Å². The summed E-state index contributed by atoms with van der Waals surface area (Å²) >= 11 is 0. The molecule has 1 N–H and O–H groups in total. The standard InChI is InChI=1S/C17H20N2O2/c1-4-19(15-9-6-10-16(20)12-15)17(21)13-7-5-8-14(11-13)18(2)3/h5-12,20H,4H2,1-3H3. The number of rotatable bonds is 4. The van der Waals surface area contributed by atoms with Gasteiger partial charge >= 0.3 is 0 Å². The predicted octanol–water partition coefficient (Wildman–Crippen LogP) is 3.12. The Morgan fingerprint density at radius 3 is 2.33 bits per heavy atom. The van der Waals surface area contributed by atoms with E-state index >= 15 is 0 Å². The third kappa shape index (κ3) is 3.34. The first kappa shape index (κ1) is 14.9. The maximum atomic E-state index is 12.7. The molecule has 110 valence electrons. The lowest BCUT2D eigenvalue weighted by Gasteiger charge is -2.22. The molecule has 0 unspecified atom stereocenters. The molecule has 0 atom stereocenters. The van der Waals surface area contributed by atoms with Gasteiger partial charge in [0.1, 0.15) is 5.75 Å². The zero-order valence-corrected chi connectivity index (χ0v) is 12.6. The largest absolute Gasteiger partial charge is 0.508 e. The first-order valence-electron chi connectivity index (χ1n) is 6.91. The fourth-order valence-corrected chi connectivity index (χ4v) is 2.18. The summed E-state index contributed by atoms with van der Waals surface area (Å²) in [5, 5.41) is 9.58. The van der Waals surface area contributed by atoms with Crippen LogP contribution >= 0.6 is 0 Å². The third-order valence-electron chi connectivity index (χ3n) is 3.31. The van der Waals surface area contributed by atoms with E-state index in [2.05, 4.69) is 0 Å². The number of benzene rings is 2. The van der Waals surface area contributed by atoms with Crippen molar-refractivity contribution in [3.8, 4) is 5.75 Å². The van der Waals surface area contributed by atoms with Crippen molar-refractivity contribution in [2.75, 3.05) is 30.4 Å². The first-order valence-corrected chi connectivity index (χ1v) is 6.91. The Morgan fingerprint density at radius 1 is 1.05 bits per heavy atom. The zero-order chi connectivity index (χ0) is 15.4. The topological polar surface area (TPSA) is 43.8 Å². The Balaban J connectivity index is 2.34. The molecule has 2 aromatic rings. The van der Waals surface area contributed by atoms with E-state index < -0.39 is 0 Å². The number of nitrogens with zero attached hydrogens (tertiary/aromatic N) is 2. The number of aromatic hydroxyl groups is 1. The minimum Gasteiger partial charge on any atom is -0.508 e. The van der Waals surface area contributed by atoms with Gasteiger partial charge in [-0.1, -0.05) is 12.1 Å². The molecule has 4 heteroatoms. The number of hydrogen-bond acceptors (Lipinski definition) is 3. The molecule has 0 saturated carbocycles. The second-order valence-corrected chi connectivity index (χ2v) is 5.01. The molecule has 0 aromatic heterocycles. The summed E-state index contributed by atoms with van der Waals surface area (Å²) in [7, 11) is 3.88. The van der Waals surface area contributed by atoms with Gasteiger partial charge < -0.3 is 14.9 Å². The molecular weight excluding hydrogens is 264 g/mol. The number of phenolic OH excluding ortho intramolecular Hbond substituents is 1. The molecule has 0 heterocycles. The van der Waals surface area contributed by atoms with Crippen LogP contribution in [0.2, 0.25) is 0 Å². The minimum atomic E-state index is -0.0770. The molecular formula is C17H20N2O2. The van der Waals surface area contributed by atoms with Gasteiger partial charge in [-0.3, -0.25) is 4.79 Å². The number of amides is 1. The Bertz CT molecular complexity index is 638. The lowest BCUT2D eigenvalue weighted by atomic mass is 10.1. The van der Waals surface area contributed by atoms with Gasteiger partial charge in [0, 0.05) is 43.6 Å². The monoisotopic (exact) mass is 284 g/mol. The van der Waals surface area contributed by atoms with Crippen molar-refractivity contribution in [3.63, 3.8) is 0 Å². The molecule has 0 bridgehead atoms. The van der Waals surface area contributed by atoms with Crippen LogP contribution in [0.4, 0.5) is 11.4 Å². The van der Waals surface area contributed by atoms with Gasteiger partial charge in [0.25, 0.3) is 5.91 Å². The molecule has 0 radical (unpaired) electrons. The van der Waals surface area contributed by atoms with E-state index in [0.717, 1.165) is 5.69 Å². The van der Waals surface area contributed by atoms with Gasteiger partial charge in [-0.25, -0.2) is 0 Å². The van der Waals surface area contributed by atoms with Gasteiger partial charge in [-0.15, -0.1) is 0 Å². The minimum absolute atomic E-state index is 0.0770. The highest BCUT2D eigenvalue weighted by Crippen LogP contribution is 2.23. The second kappa shape index (κ2) is 6.31. The van der Waals surface area contributed by atoms with Gasteiger partial charge in [0.2, 0.25) is 0 Å². The van der Waals surface area contributed by atoms with Crippen LogP contribution < -0.4 is 9.80 Å². The van der Waals surface area contributed by atoms with Crippen molar-refractivity contribution < 1.29 is 9.90 Å². The Morgan fingerprint density at radius 2 is 1.71 bits per heavy atom. The summed E-state index contributed by atoms with van der Waals surface area (Å²) in [5.74, 6) is 0.0765. The van der Waals surface area contributed by atoms with E-state index in [4.69, 9.17) is 0 Å². The summed E-state index contributed by atoms with van der Waals surface area (Å²) in [6.45, 7) is 2.45. The average Bonchev–Trinajstić information content (AvgIpc) is 2.48. The van der Waals surface area contributed by atoms with E-state index in [1.165, 1.54) is 0 Å². The molecule has 0 aliphatic carbocycles. The summed E-state index contributed by atoms with van der Waals surface area (Å²) in [6, 6.07) is 14.2. The normalized spacial score (nSPS) is 10.2. The summed E-state index contributed by atoms with van der Waals surface area (Å²) in [6.07, 6.45) is 0. The van der Waals surface area contributed by atoms with Crippen molar-refractivity contribution in [2.45, 2.75) is 6.92 Å². The Labute approximate surface area is 125 Å². The van der Waals surface area contributed by atoms with Crippen molar-refractivity contribution >= 4 is 17.3 Å². The number of anilines is 2. The smallest absolute Gasteiger partial charge is 0.258 e. The fraction of sp³-hybridized carbons (Fsp3) is 0.235. The molecule has 0 aliphatic rings. The summed E-state index contributed by atoms with van der Waals surface area (Å²) in [5.41, 5.74) is 2.30. The number of carbonyl (C=O) groups excluding carboxylic acids is 1. The van der Waals surface area contributed by atoms with Crippen LogP contribution in [0.3, 0.4) is 0 Å². The molecule has 0 saturated heterocycles. The number of phenols is 1. The van der Waals surface area contributed by atoms with Crippen LogP contribution in [-0.4, -0.2) is 31.7 Å². The van der Waals surface area contributed by atoms with Crippen LogP contribution in [0, 0.1) is 0 Å². The van der Waals surface area contributed by atoms with E-state index in [9.17, 15) is 9.90 Å². The Kier molecular flexibility index (Phi) is 4.48. The lowest BCUT2D eigenvalue weighted by molar-refractivity contribution is 0.0988. The SMILES string of the molecule is CCN(C(=O)c1cccc(N(C)C)c1)c1cccc(O)c1. The van der Waals surface area contributed by atoms with E-state index in [1.54, 1.807) is 29.2 Å². The maximum Gasteiger partial charge on any atom is 0.258 e.